The van der Waals surface area contributed by atoms with E-state index in [0.29, 0.717) is 13.0 Å². The lowest BCUT2D eigenvalue weighted by Gasteiger charge is -2.17. The first kappa shape index (κ1) is 27.2. The van der Waals surface area contributed by atoms with Gasteiger partial charge in [0.1, 0.15) is 11.5 Å². The van der Waals surface area contributed by atoms with E-state index in [-0.39, 0.29) is 11.3 Å². The highest BCUT2D eigenvalue weighted by molar-refractivity contribution is 7.15. The minimum Gasteiger partial charge on any atom is -0.497 e. The van der Waals surface area contributed by atoms with Gasteiger partial charge in [0, 0.05) is 55.0 Å². The van der Waals surface area contributed by atoms with Gasteiger partial charge < -0.3 is 24.3 Å². The number of aromatic nitrogens is 1. The number of carbonyl (C=O) groups is 1. The molecule has 1 N–H and O–H groups in total. The Hall–Kier alpha value is -3.36. The molecule has 2 aromatic heterocycles. The predicted molar refractivity (Wildman–Crippen MR) is 147 cm³/mol. The second-order valence-electron chi connectivity index (χ2n) is 8.55. The monoisotopic (exact) mass is 509 g/mol. The van der Waals surface area contributed by atoms with Gasteiger partial charge in [0.15, 0.2) is 5.43 Å². The fourth-order valence-corrected chi connectivity index (χ4v) is 4.57. The second kappa shape index (κ2) is 14.3. The lowest BCUT2D eigenvalue weighted by Crippen LogP contribution is -2.26. The number of thiophene rings is 1. The summed E-state index contributed by atoms with van der Waals surface area (Å²) >= 11 is 1.60. The van der Waals surface area contributed by atoms with Crippen molar-refractivity contribution in [3.8, 4) is 16.5 Å². The van der Waals surface area contributed by atoms with E-state index in [0.717, 1.165) is 53.7 Å². The summed E-state index contributed by atoms with van der Waals surface area (Å²) in [5, 5.41) is 4.02. The maximum Gasteiger partial charge on any atom is 0.223 e. The molecule has 0 unspecified atom stereocenters. The molecule has 0 atom stereocenters. The lowest BCUT2D eigenvalue weighted by atomic mass is 10.1. The van der Waals surface area contributed by atoms with Gasteiger partial charge in [-0.25, -0.2) is 0 Å². The van der Waals surface area contributed by atoms with E-state index in [4.69, 9.17) is 9.47 Å². The largest absolute Gasteiger partial charge is 0.497 e. The second-order valence-corrected chi connectivity index (χ2v) is 9.65. The SMILES string of the molecule is COc1cc(CCN(C)CCCCNC(=O)C/C=C/c2ccc(-n3ccc(=O)cc3)s2)cc(OC)c1. The van der Waals surface area contributed by atoms with Gasteiger partial charge in [-0.05, 0) is 68.8 Å². The standard InChI is InChI=1S/C28H35N3O4S/c1-30(16-11-22-19-24(34-2)21-25(20-22)35-3)15-5-4-14-29-27(33)8-6-7-26-9-10-28(36-26)31-17-12-23(32)13-18-31/h6-7,9-10,12-13,17-21H,4-5,8,11,14-16H2,1-3H3,(H,29,33)/b7-6+. The zero-order valence-electron chi connectivity index (χ0n) is 21.2. The van der Waals surface area contributed by atoms with Crippen molar-refractivity contribution in [1.82, 2.24) is 14.8 Å². The highest BCUT2D eigenvalue weighted by Crippen LogP contribution is 2.23. The van der Waals surface area contributed by atoms with Crippen molar-refractivity contribution in [2.24, 2.45) is 0 Å². The van der Waals surface area contributed by atoms with Crippen molar-refractivity contribution in [2.45, 2.75) is 25.7 Å². The number of methoxy groups -OCH3 is 2. The van der Waals surface area contributed by atoms with Crippen LogP contribution in [0.5, 0.6) is 11.5 Å². The average molecular weight is 510 g/mol. The number of unbranched alkanes of at least 4 members (excludes halogenated alkanes) is 1. The maximum absolute atomic E-state index is 12.1. The quantitative estimate of drug-likeness (QED) is 0.326. The first-order valence-electron chi connectivity index (χ1n) is 12.1. The first-order valence-corrected chi connectivity index (χ1v) is 12.9. The zero-order valence-corrected chi connectivity index (χ0v) is 22.1. The molecule has 1 amide bonds. The highest BCUT2D eigenvalue weighted by Gasteiger charge is 2.05. The molecular weight excluding hydrogens is 474 g/mol. The van der Waals surface area contributed by atoms with Crippen LogP contribution < -0.4 is 20.2 Å². The molecular formula is C28H35N3O4S. The predicted octanol–water partition coefficient (Wildman–Crippen LogP) is 4.39. The van der Waals surface area contributed by atoms with Crippen LogP contribution in [0.3, 0.4) is 0 Å². The van der Waals surface area contributed by atoms with Crippen molar-refractivity contribution in [3.05, 3.63) is 81.6 Å². The zero-order chi connectivity index (χ0) is 25.8. The van der Waals surface area contributed by atoms with Crippen LogP contribution in [0.4, 0.5) is 0 Å². The average Bonchev–Trinajstić information content (AvgIpc) is 3.36. The number of hydrogen-bond acceptors (Lipinski definition) is 6. The number of rotatable bonds is 14. The van der Waals surface area contributed by atoms with Gasteiger partial charge in [0.25, 0.3) is 0 Å². The van der Waals surface area contributed by atoms with E-state index in [2.05, 4.69) is 17.3 Å². The molecule has 0 saturated carbocycles. The minimum absolute atomic E-state index is 0.00762. The van der Waals surface area contributed by atoms with E-state index in [1.807, 2.05) is 47.1 Å². The van der Waals surface area contributed by atoms with Crippen molar-refractivity contribution in [1.29, 1.82) is 0 Å². The first-order chi connectivity index (χ1) is 17.5. The molecule has 1 aromatic carbocycles. The van der Waals surface area contributed by atoms with E-state index in [1.54, 1.807) is 38.0 Å². The molecule has 0 aliphatic heterocycles. The van der Waals surface area contributed by atoms with Gasteiger partial charge >= 0.3 is 0 Å². The number of hydrogen-bond donors (Lipinski definition) is 1. The van der Waals surface area contributed by atoms with Crippen LogP contribution in [0.1, 0.15) is 29.7 Å². The van der Waals surface area contributed by atoms with Gasteiger partial charge in [-0.2, -0.15) is 0 Å². The third-order valence-corrected chi connectivity index (χ3v) is 6.80. The summed E-state index contributed by atoms with van der Waals surface area (Å²) < 4.78 is 12.6. The van der Waals surface area contributed by atoms with Crippen LogP contribution in [0.2, 0.25) is 0 Å². The van der Waals surface area contributed by atoms with E-state index < -0.39 is 0 Å². The third kappa shape index (κ3) is 9.02. The van der Waals surface area contributed by atoms with Crippen LogP contribution >= 0.6 is 11.3 Å². The van der Waals surface area contributed by atoms with Crippen LogP contribution in [0.25, 0.3) is 11.1 Å². The van der Waals surface area contributed by atoms with Crippen LogP contribution in [-0.2, 0) is 11.2 Å². The van der Waals surface area contributed by atoms with Crippen LogP contribution in [0, 0.1) is 0 Å². The van der Waals surface area contributed by atoms with Gasteiger partial charge in [0.05, 0.1) is 19.2 Å². The smallest absolute Gasteiger partial charge is 0.223 e. The summed E-state index contributed by atoms with van der Waals surface area (Å²) in [6.07, 6.45) is 10.6. The normalized spacial score (nSPS) is 11.2. The molecule has 36 heavy (non-hydrogen) atoms. The molecule has 7 nitrogen and oxygen atoms in total. The molecule has 0 radical (unpaired) electrons. The minimum atomic E-state index is -0.00762. The van der Waals surface area contributed by atoms with Crippen molar-refractivity contribution < 1.29 is 14.3 Å². The summed E-state index contributed by atoms with van der Waals surface area (Å²) in [7, 11) is 5.45. The Morgan fingerprint density at radius 2 is 1.75 bits per heavy atom. The fourth-order valence-electron chi connectivity index (χ4n) is 3.66. The Morgan fingerprint density at radius 3 is 2.44 bits per heavy atom. The number of nitrogens with one attached hydrogen (secondary N) is 1. The van der Waals surface area contributed by atoms with Gasteiger partial charge in [-0.1, -0.05) is 6.08 Å². The lowest BCUT2D eigenvalue weighted by molar-refractivity contribution is -0.120. The van der Waals surface area contributed by atoms with Crippen molar-refractivity contribution in [2.75, 3.05) is 40.9 Å². The number of pyridine rings is 1. The number of nitrogens with zero attached hydrogens (tertiary/aromatic N) is 2. The molecule has 0 aliphatic carbocycles. The summed E-state index contributed by atoms with van der Waals surface area (Å²) in [5.41, 5.74) is 1.18. The fraction of sp³-hybridized carbons (Fsp3) is 0.357. The number of ether oxygens (including phenoxy) is 2. The third-order valence-electron chi connectivity index (χ3n) is 5.73. The van der Waals surface area contributed by atoms with Gasteiger partial charge in [-0.15, -0.1) is 11.3 Å². The Balaban J connectivity index is 1.29. The summed E-state index contributed by atoms with van der Waals surface area (Å²) in [5.74, 6) is 1.65. The van der Waals surface area contributed by atoms with Crippen molar-refractivity contribution >= 4 is 23.3 Å². The summed E-state index contributed by atoms with van der Waals surface area (Å²) in [6.45, 7) is 2.61. The number of amides is 1. The Labute approximate surface area is 217 Å². The van der Waals surface area contributed by atoms with E-state index in [1.165, 1.54) is 17.7 Å². The summed E-state index contributed by atoms with van der Waals surface area (Å²) in [4.78, 5) is 26.7. The van der Waals surface area contributed by atoms with Crippen LogP contribution in [-0.4, -0.2) is 56.3 Å². The molecule has 0 spiro atoms. The Bertz CT molecular complexity index is 1160. The van der Waals surface area contributed by atoms with E-state index >= 15 is 0 Å². The van der Waals surface area contributed by atoms with Gasteiger partial charge in [-0.3, -0.25) is 9.59 Å². The Kier molecular flexibility index (Phi) is 10.8. The number of benzene rings is 1. The highest BCUT2D eigenvalue weighted by atomic mass is 32.1. The van der Waals surface area contributed by atoms with E-state index in [9.17, 15) is 9.59 Å². The summed E-state index contributed by atoms with van der Waals surface area (Å²) in [6, 6.07) is 13.1. The molecule has 2 heterocycles. The molecule has 0 aliphatic rings. The molecule has 192 valence electrons. The number of likely N-dealkylation sites (N-methyl/N-ethyl adjacent to an activating group) is 1. The van der Waals surface area contributed by atoms with Crippen molar-refractivity contribution in [3.63, 3.8) is 0 Å². The molecule has 0 fully saturated rings. The Morgan fingerprint density at radius 1 is 1.03 bits per heavy atom. The molecule has 0 bridgehead atoms. The topological polar surface area (TPSA) is 72.8 Å². The van der Waals surface area contributed by atoms with Gasteiger partial charge in [0.2, 0.25) is 5.91 Å². The molecule has 3 rings (SSSR count). The maximum atomic E-state index is 12.1. The molecule has 3 aromatic rings. The number of carbonyl (C=O) groups excluding carboxylic acids is 1. The molecule has 8 heteroatoms. The van der Waals surface area contributed by atoms with Crippen LogP contribution in [0.15, 0.2) is 65.7 Å². The molecule has 0 saturated heterocycles.